The quantitative estimate of drug-likeness (QED) is 0.255. The molecule has 166 valence electrons. The first-order valence-electron chi connectivity index (χ1n) is 11.7. The van der Waals surface area contributed by atoms with E-state index >= 15 is 0 Å². The summed E-state index contributed by atoms with van der Waals surface area (Å²) in [5, 5.41) is 4.74. The molecule has 0 aliphatic carbocycles. The Labute approximate surface area is 200 Å². The molecule has 0 saturated heterocycles. The molecule has 6 rings (SSSR count). The van der Waals surface area contributed by atoms with Crippen LogP contribution in [-0.4, -0.2) is 18.0 Å². The molecule has 0 aliphatic rings. The van der Waals surface area contributed by atoms with Crippen molar-refractivity contribution >= 4 is 46.1 Å². The summed E-state index contributed by atoms with van der Waals surface area (Å²) in [4.78, 5) is 9.61. The third-order valence-electron chi connectivity index (χ3n) is 6.56. The van der Waals surface area contributed by atoms with Crippen LogP contribution in [0.25, 0.3) is 55.2 Å². The van der Waals surface area contributed by atoms with E-state index < -0.39 is 8.07 Å². The first-order valence-corrected chi connectivity index (χ1v) is 15.2. The van der Waals surface area contributed by atoms with Gasteiger partial charge >= 0.3 is 0 Å². The van der Waals surface area contributed by atoms with Gasteiger partial charge in [0.1, 0.15) is 11.2 Å². The van der Waals surface area contributed by atoms with Crippen LogP contribution in [-0.2, 0) is 0 Å². The second kappa shape index (κ2) is 7.64. The summed E-state index contributed by atoms with van der Waals surface area (Å²) in [6, 6.07) is 27.9. The average Bonchev–Trinajstić information content (AvgIpc) is 3.20. The zero-order chi connectivity index (χ0) is 23.4. The molecule has 0 spiro atoms. The van der Waals surface area contributed by atoms with Gasteiger partial charge in [-0.15, -0.1) is 0 Å². The number of furan rings is 1. The van der Waals surface area contributed by atoms with Crippen molar-refractivity contribution < 1.29 is 4.42 Å². The monoisotopic (exact) mass is 458 g/mol. The summed E-state index contributed by atoms with van der Waals surface area (Å²) >= 11 is 0. The summed E-state index contributed by atoms with van der Waals surface area (Å²) in [6.07, 6.45) is 1.90. The maximum atomic E-state index is 6.37. The molecule has 3 nitrogen and oxygen atoms in total. The molecule has 0 fully saturated rings. The van der Waals surface area contributed by atoms with E-state index in [1.807, 2.05) is 19.2 Å². The molecule has 0 N–H and O–H groups in total. The van der Waals surface area contributed by atoms with Crippen LogP contribution in [0.2, 0.25) is 19.6 Å². The van der Waals surface area contributed by atoms with Crippen molar-refractivity contribution in [2.24, 2.45) is 0 Å². The number of benzene rings is 3. The lowest BCUT2D eigenvalue weighted by atomic mass is 9.97. The third kappa shape index (κ3) is 3.42. The fourth-order valence-corrected chi connectivity index (χ4v) is 5.84. The summed E-state index contributed by atoms with van der Waals surface area (Å²) in [5.74, 6) is 0. The van der Waals surface area contributed by atoms with E-state index in [1.54, 1.807) is 0 Å². The number of hydrogen-bond acceptors (Lipinski definition) is 3. The van der Waals surface area contributed by atoms with Gasteiger partial charge in [0.2, 0.25) is 0 Å². The lowest BCUT2D eigenvalue weighted by Crippen LogP contribution is -2.37. The van der Waals surface area contributed by atoms with Gasteiger partial charge in [0.25, 0.3) is 0 Å². The Balaban J connectivity index is 1.66. The van der Waals surface area contributed by atoms with Gasteiger partial charge in [-0.25, -0.2) is 4.98 Å². The highest BCUT2D eigenvalue weighted by atomic mass is 28.3. The maximum absolute atomic E-state index is 6.37. The molecule has 0 amide bonds. The predicted octanol–water partition coefficient (Wildman–Crippen LogP) is 7.72. The first kappa shape index (κ1) is 20.8. The van der Waals surface area contributed by atoms with Gasteiger partial charge in [0.15, 0.2) is 0 Å². The van der Waals surface area contributed by atoms with Gasteiger partial charge in [0.05, 0.1) is 19.3 Å². The predicted molar refractivity (Wildman–Crippen MR) is 145 cm³/mol. The van der Waals surface area contributed by atoms with Crippen LogP contribution >= 0.6 is 0 Å². The van der Waals surface area contributed by atoms with E-state index in [0.29, 0.717) is 0 Å². The molecule has 6 aromatic rings. The minimum Gasteiger partial charge on any atom is -0.455 e. The Bertz CT molecular complexity index is 1690. The zero-order valence-electron chi connectivity index (χ0n) is 19.9. The zero-order valence-corrected chi connectivity index (χ0v) is 20.9. The van der Waals surface area contributed by atoms with Crippen LogP contribution < -0.4 is 5.19 Å². The Hall–Kier alpha value is -3.76. The molecule has 3 aromatic heterocycles. The van der Waals surface area contributed by atoms with Crippen molar-refractivity contribution in [2.45, 2.75) is 26.6 Å². The van der Waals surface area contributed by atoms with Crippen molar-refractivity contribution in [1.82, 2.24) is 9.97 Å². The molecular formula is C30H26N2OSi. The molecule has 0 unspecified atom stereocenters. The van der Waals surface area contributed by atoms with Crippen molar-refractivity contribution in [3.8, 4) is 22.4 Å². The Morgan fingerprint density at radius 3 is 2.35 bits per heavy atom. The van der Waals surface area contributed by atoms with E-state index in [2.05, 4.69) is 97.4 Å². The molecule has 0 aliphatic heterocycles. The van der Waals surface area contributed by atoms with Crippen molar-refractivity contribution in [1.29, 1.82) is 0 Å². The van der Waals surface area contributed by atoms with E-state index in [4.69, 9.17) is 9.40 Å². The topological polar surface area (TPSA) is 38.9 Å². The fraction of sp³-hybridized carbons (Fsp3) is 0.133. The van der Waals surface area contributed by atoms with Gasteiger partial charge in [-0.2, -0.15) is 0 Å². The largest absolute Gasteiger partial charge is 0.455 e. The lowest BCUT2D eigenvalue weighted by molar-refractivity contribution is 0.669. The van der Waals surface area contributed by atoms with Crippen LogP contribution in [0.3, 0.4) is 0 Å². The van der Waals surface area contributed by atoms with Gasteiger partial charge in [0, 0.05) is 39.7 Å². The summed E-state index contributed by atoms with van der Waals surface area (Å²) < 4.78 is 6.37. The Kier molecular flexibility index (Phi) is 4.68. The number of hydrogen-bond donors (Lipinski definition) is 0. The molecule has 0 radical (unpaired) electrons. The summed E-state index contributed by atoms with van der Waals surface area (Å²) in [5.41, 5.74) is 7.98. The number of aromatic nitrogens is 2. The summed E-state index contributed by atoms with van der Waals surface area (Å²) in [7, 11) is -1.46. The van der Waals surface area contributed by atoms with Crippen molar-refractivity contribution in [3.63, 3.8) is 0 Å². The van der Waals surface area contributed by atoms with Gasteiger partial charge in [-0.05, 0) is 36.2 Å². The van der Waals surface area contributed by atoms with Crippen LogP contribution in [0.15, 0.2) is 89.5 Å². The van der Waals surface area contributed by atoms with Gasteiger partial charge < -0.3 is 4.42 Å². The highest BCUT2D eigenvalue weighted by molar-refractivity contribution is 6.88. The van der Waals surface area contributed by atoms with Crippen molar-refractivity contribution in [2.75, 3.05) is 0 Å². The molecule has 0 bridgehead atoms. The molecule has 3 heterocycles. The average molecular weight is 459 g/mol. The van der Waals surface area contributed by atoms with Crippen molar-refractivity contribution in [3.05, 3.63) is 90.8 Å². The lowest BCUT2D eigenvalue weighted by Gasteiger charge is -2.18. The van der Waals surface area contributed by atoms with Crippen LogP contribution in [0.4, 0.5) is 0 Å². The van der Waals surface area contributed by atoms with E-state index in [9.17, 15) is 0 Å². The van der Waals surface area contributed by atoms with E-state index in [1.165, 1.54) is 21.7 Å². The number of aryl methyl sites for hydroxylation is 1. The minimum atomic E-state index is -1.46. The fourth-order valence-electron chi connectivity index (χ4n) is 4.68. The molecule has 34 heavy (non-hydrogen) atoms. The molecule has 0 saturated carbocycles. The van der Waals surface area contributed by atoms with Gasteiger partial charge in [-0.3, -0.25) is 4.98 Å². The van der Waals surface area contributed by atoms with Crippen LogP contribution in [0.5, 0.6) is 0 Å². The van der Waals surface area contributed by atoms with Gasteiger partial charge in [-0.1, -0.05) is 79.4 Å². The standard InChI is InChI=1S/C30H26N2OSi/c1-19-15-29-26(18-31-19)22-11-8-12-23(30(22)33-29)28-17-24(20-9-6-5-7-10-20)25-16-21(34(2,3)4)13-14-27(25)32-28/h5-18H,1-4H3. The first-order chi connectivity index (χ1) is 16.4. The molecule has 3 aromatic carbocycles. The van der Waals surface area contributed by atoms with E-state index in [0.717, 1.165) is 44.4 Å². The smallest absolute Gasteiger partial charge is 0.144 e. The number of fused-ring (bicyclic) bond motifs is 4. The molecule has 4 heteroatoms. The van der Waals surface area contributed by atoms with E-state index in [-0.39, 0.29) is 0 Å². The second-order valence-electron chi connectivity index (χ2n) is 10.0. The Morgan fingerprint density at radius 1 is 0.735 bits per heavy atom. The normalized spacial score (nSPS) is 12.1. The number of nitrogens with zero attached hydrogens (tertiary/aromatic N) is 2. The summed E-state index contributed by atoms with van der Waals surface area (Å²) in [6.45, 7) is 9.14. The highest BCUT2D eigenvalue weighted by Gasteiger charge is 2.20. The molecule has 0 atom stereocenters. The van der Waals surface area contributed by atoms with Crippen LogP contribution in [0.1, 0.15) is 5.69 Å². The number of rotatable bonds is 3. The SMILES string of the molecule is Cc1cc2oc3c(-c4cc(-c5ccccc5)c5cc([Si](C)(C)C)ccc5n4)cccc3c2cn1. The van der Waals surface area contributed by atoms with Crippen LogP contribution in [0, 0.1) is 6.92 Å². The Morgan fingerprint density at radius 2 is 1.56 bits per heavy atom. The highest BCUT2D eigenvalue weighted by Crippen LogP contribution is 2.38. The maximum Gasteiger partial charge on any atom is 0.144 e. The third-order valence-corrected chi connectivity index (χ3v) is 8.60. The number of para-hydroxylation sites is 1. The minimum absolute atomic E-state index is 0.856. The number of pyridine rings is 2. The molecular weight excluding hydrogens is 432 g/mol. The second-order valence-corrected chi connectivity index (χ2v) is 15.1.